The topological polar surface area (TPSA) is 0 Å². The minimum absolute atomic E-state index is 0.0668. The molecule has 2 aromatic carbocycles. The third-order valence-corrected chi connectivity index (χ3v) is 30.5. The minimum atomic E-state index is -5.11. The molecule has 0 radical (unpaired) electrons. The number of fused-ring (bicyclic) bond motifs is 2. The molecule has 4 heterocycles. The lowest BCUT2D eigenvalue weighted by Crippen LogP contribution is -2.47. The van der Waals surface area contributed by atoms with Crippen LogP contribution in [0.3, 0.4) is 0 Å². The third kappa shape index (κ3) is 7.98. The van der Waals surface area contributed by atoms with Gasteiger partial charge in [0.25, 0.3) is 0 Å². The molecule has 4 aromatic heterocycles. The lowest BCUT2D eigenvalue weighted by molar-refractivity contribution is -0.144. The van der Waals surface area contributed by atoms with E-state index in [1.165, 1.54) is 22.7 Å². The van der Waals surface area contributed by atoms with E-state index in [0.717, 1.165) is 31.7 Å². The fourth-order valence-corrected chi connectivity index (χ4v) is 18.0. The number of thiophene rings is 4. The summed E-state index contributed by atoms with van der Waals surface area (Å²) >= 11 is 4.70. The first kappa shape index (κ1) is 44.9. The molecule has 0 amide bonds. The van der Waals surface area contributed by atoms with Crippen LogP contribution in [0.25, 0.3) is 50.8 Å². The molecule has 0 N–H and O–H groups in total. The van der Waals surface area contributed by atoms with Crippen LogP contribution < -0.4 is 9.00 Å². The predicted octanol–water partition coefficient (Wildman–Crippen LogP) is 16.7. The summed E-state index contributed by atoms with van der Waals surface area (Å²) in [5, 5.41) is 0.404. The SMILES string of the molecule is CC(C)(C)[Si](C)(C)c1cc2c(-c3cc(C(F)(F)F)cc(C(F)(F)F)c3)sc(-c3sc(-c4cc(C(F)(F)F)cc(C(F)(F)F)c4)c4cc([Si](C)(C)C(C)(C)C)sc34)c2s1. The lowest BCUT2D eigenvalue weighted by atomic mass is 10.0. The predicted molar refractivity (Wildman–Crippen MR) is 223 cm³/mol. The molecule has 58 heavy (non-hydrogen) atoms. The molecule has 0 atom stereocenters. The van der Waals surface area contributed by atoms with Gasteiger partial charge in [-0.05, 0) is 78.7 Å². The van der Waals surface area contributed by atoms with Gasteiger partial charge in [-0.15, -0.1) is 45.3 Å². The molecule has 0 aliphatic rings. The summed E-state index contributed by atoms with van der Waals surface area (Å²) in [6, 6.07) is 6.55. The van der Waals surface area contributed by atoms with E-state index in [0.29, 0.717) is 54.2 Å². The normalized spacial score (nSPS) is 14.4. The summed E-state index contributed by atoms with van der Waals surface area (Å²) < 4.78 is 173. The Bertz CT molecular complexity index is 2300. The molecule has 0 nitrogen and oxygen atoms in total. The summed E-state index contributed by atoms with van der Waals surface area (Å²) in [4.78, 5) is 1.23. The average molecular weight is 931 g/mol. The zero-order chi connectivity index (χ0) is 43.7. The second-order valence-electron chi connectivity index (χ2n) is 17.6. The zero-order valence-corrected chi connectivity index (χ0v) is 38.1. The maximum absolute atomic E-state index is 14.2. The highest BCUT2D eigenvalue weighted by atomic mass is 32.1. The van der Waals surface area contributed by atoms with Crippen molar-refractivity contribution in [2.45, 2.75) is 103 Å². The summed E-state index contributed by atoms with van der Waals surface area (Å²) in [7, 11) is -4.77. The van der Waals surface area contributed by atoms with Crippen molar-refractivity contribution < 1.29 is 52.7 Å². The zero-order valence-electron chi connectivity index (χ0n) is 32.8. The Morgan fingerprint density at radius 2 is 0.621 bits per heavy atom. The largest absolute Gasteiger partial charge is 0.416 e. The van der Waals surface area contributed by atoms with Gasteiger partial charge in [0.2, 0.25) is 0 Å². The Balaban J connectivity index is 1.76. The van der Waals surface area contributed by atoms with Crippen LogP contribution in [0.15, 0.2) is 48.5 Å². The van der Waals surface area contributed by atoms with Gasteiger partial charge in [0.15, 0.2) is 0 Å². The Labute approximate surface area is 345 Å². The summed E-state index contributed by atoms with van der Waals surface area (Å²) in [6.07, 6.45) is -20.4. The van der Waals surface area contributed by atoms with E-state index >= 15 is 0 Å². The summed E-state index contributed by atoms with van der Waals surface area (Å²) in [5.74, 6) is 0. The second-order valence-corrected chi connectivity index (χ2v) is 33.0. The molecule has 0 aliphatic carbocycles. The van der Waals surface area contributed by atoms with Crippen LogP contribution in [0.5, 0.6) is 0 Å². The van der Waals surface area contributed by atoms with Crippen LogP contribution in [0.2, 0.25) is 36.3 Å². The van der Waals surface area contributed by atoms with E-state index in [1.807, 2.05) is 12.1 Å². The van der Waals surface area contributed by atoms with Gasteiger partial charge in [-0.3, -0.25) is 0 Å². The lowest BCUT2D eigenvalue weighted by Gasteiger charge is -2.36. The number of halogens is 12. The molecule has 0 bridgehead atoms. The van der Waals surface area contributed by atoms with Gasteiger partial charge in [-0.1, -0.05) is 67.7 Å². The molecule has 18 heteroatoms. The van der Waals surface area contributed by atoms with Crippen LogP contribution in [0.1, 0.15) is 63.8 Å². The smallest absolute Gasteiger partial charge is 0.166 e. The van der Waals surface area contributed by atoms with Gasteiger partial charge in [-0.2, -0.15) is 52.7 Å². The molecule has 6 rings (SSSR count). The molecule has 6 aromatic rings. The van der Waals surface area contributed by atoms with Gasteiger partial charge >= 0.3 is 24.7 Å². The van der Waals surface area contributed by atoms with Crippen molar-refractivity contribution in [2.75, 3.05) is 0 Å². The van der Waals surface area contributed by atoms with Crippen molar-refractivity contribution in [1.29, 1.82) is 0 Å². The Hall–Kier alpha value is -2.65. The van der Waals surface area contributed by atoms with Gasteiger partial charge in [0.05, 0.1) is 57.6 Å². The van der Waals surface area contributed by atoms with Crippen LogP contribution in [-0.2, 0) is 24.7 Å². The first-order valence-corrected chi connectivity index (χ1v) is 27.0. The van der Waals surface area contributed by atoms with E-state index in [9.17, 15) is 52.7 Å². The van der Waals surface area contributed by atoms with Gasteiger partial charge in [0, 0.05) is 20.5 Å². The first-order valence-electron chi connectivity index (χ1n) is 17.8. The average Bonchev–Trinajstić information content (AvgIpc) is 3.82. The van der Waals surface area contributed by atoms with Crippen molar-refractivity contribution in [3.63, 3.8) is 0 Å². The van der Waals surface area contributed by atoms with Crippen LogP contribution in [-0.4, -0.2) is 16.1 Å². The highest BCUT2D eigenvalue weighted by molar-refractivity contribution is 7.39. The number of alkyl halides is 12. The summed E-state index contributed by atoms with van der Waals surface area (Å²) in [6.45, 7) is 20.8. The molecule has 0 unspecified atom stereocenters. The van der Waals surface area contributed by atoms with E-state index in [2.05, 4.69) is 67.7 Å². The third-order valence-electron chi connectivity index (χ3n) is 11.7. The van der Waals surface area contributed by atoms with Crippen LogP contribution in [0, 0.1) is 0 Å². The van der Waals surface area contributed by atoms with Gasteiger partial charge < -0.3 is 0 Å². The van der Waals surface area contributed by atoms with Gasteiger partial charge in [-0.25, -0.2) is 0 Å². The second kappa shape index (κ2) is 13.9. The highest BCUT2D eigenvalue weighted by Crippen LogP contribution is 2.56. The Morgan fingerprint density at radius 3 is 0.845 bits per heavy atom. The molecule has 0 spiro atoms. The monoisotopic (exact) mass is 930 g/mol. The van der Waals surface area contributed by atoms with Crippen molar-refractivity contribution in [1.82, 2.24) is 0 Å². The van der Waals surface area contributed by atoms with Crippen LogP contribution >= 0.6 is 45.3 Å². The van der Waals surface area contributed by atoms with Crippen molar-refractivity contribution in [3.05, 3.63) is 70.8 Å². The molecular weight excluding hydrogens is 893 g/mol. The van der Waals surface area contributed by atoms with Crippen molar-refractivity contribution >= 4 is 90.7 Å². The molecule has 0 fully saturated rings. The molecule has 0 aliphatic heterocycles. The number of rotatable bonds is 5. The molecular formula is C40H38F12S4Si2. The quantitative estimate of drug-likeness (QED) is 0.119. The number of hydrogen-bond donors (Lipinski definition) is 0. The fraction of sp³-hybridized carbons (Fsp3) is 0.400. The molecule has 0 saturated heterocycles. The number of hydrogen-bond acceptors (Lipinski definition) is 4. The number of benzene rings is 2. The van der Waals surface area contributed by atoms with Crippen molar-refractivity contribution in [3.8, 4) is 30.6 Å². The van der Waals surface area contributed by atoms with E-state index in [1.54, 1.807) is 0 Å². The maximum atomic E-state index is 14.2. The molecule has 0 saturated carbocycles. The van der Waals surface area contributed by atoms with E-state index in [4.69, 9.17) is 0 Å². The van der Waals surface area contributed by atoms with E-state index < -0.39 is 63.1 Å². The minimum Gasteiger partial charge on any atom is -0.166 e. The Kier molecular flexibility index (Phi) is 10.8. The fourth-order valence-electron chi connectivity index (χ4n) is 6.12. The van der Waals surface area contributed by atoms with Crippen LogP contribution in [0.4, 0.5) is 52.7 Å². The Morgan fingerprint density at radius 1 is 0.362 bits per heavy atom. The first-order chi connectivity index (χ1) is 26.0. The maximum Gasteiger partial charge on any atom is 0.416 e. The summed E-state index contributed by atoms with van der Waals surface area (Å²) in [5.41, 5.74) is -6.55. The highest BCUT2D eigenvalue weighted by Gasteiger charge is 2.43. The van der Waals surface area contributed by atoms with Gasteiger partial charge in [0.1, 0.15) is 0 Å². The molecule has 314 valence electrons. The standard InChI is InChI=1S/C40H38F12S4Si2/c1-35(2,3)57(7,8)27-17-25-29(19-11-21(37(41,42)43)15-22(12-19)38(44,45)46)55-33(31(25)53-27)34-32-26(18-28(54-32)58(9,10)36(4,5)6)30(56-34)20-13-23(39(47,48)49)16-24(14-20)40(50,51)52/h11-18H,1-10H3. The van der Waals surface area contributed by atoms with E-state index in [-0.39, 0.29) is 43.1 Å². The van der Waals surface area contributed by atoms with Crippen molar-refractivity contribution in [2.24, 2.45) is 0 Å².